The summed E-state index contributed by atoms with van der Waals surface area (Å²) in [6, 6.07) is 25.8. The van der Waals surface area contributed by atoms with E-state index in [4.69, 9.17) is 10.9 Å². The molecular weight excluding hydrogens is 516 g/mol. The largest absolute Gasteiger partial charge is 0.382 e. The Morgan fingerprint density at radius 3 is 2.28 bits per heavy atom. The number of nitrogens with two attached hydrogens (primary N) is 2. The minimum absolute atomic E-state index is 0.00371. The Balaban J connectivity index is 1.38. The highest BCUT2D eigenvalue weighted by Crippen LogP contribution is 2.28. The Morgan fingerprint density at radius 2 is 1.56 bits per heavy atom. The van der Waals surface area contributed by atoms with Crippen LogP contribution < -0.4 is 21.5 Å². The van der Waals surface area contributed by atoms with Crippen molar-refractivity contribution in [1.29, 1.82) is 0 Å². The van der Waals surface area contributed by atoms with Gasteiger partial charge < -0.3 is 16.4 Å². The van der Waals surface area contributed by atoms with Gasteiger partial charge >= 0.3 is 0 Å². The quantitative estimate of drug-likeness (QED) is 0.211. The second-order valence-electron chi connectivity index (χ2n) is 8.79. The van der Waals surface area contributed by atoms with Gasteiger partial charge in [-0.25, -0.2) is 13.6 Å². The Kier molecular flexibility index (Phi) is 6.84. The molecule has 0 saturated heterocycles. The lowest BCUT2D eigenvalue weighted by atomic mass is 10.0. The standard InChI is InChI=1S/C28H24N6O4S/c29-26-22-16-19(12-15-23(22)33-34-26)27(35)32-25(18-6-2-1-3-7-18)28(36)31-20-13-10-17(11-14-20)21-8-4-5-9-24(21)39(30,37)38/h1-16,25H,(H,31,36)(H,32,35)(H3,29,33,34)(H2,30,37,38). The van der Waals surface area contributed by atoms with Gasteiger partial charge in [-0.1, -0.05) is 60.7 Å². The van der Waals surface area contributed by atoms with Gasteiger partial charge in [-0.2, -0.15) is 5.10 Å². The number of nitrogens with one attached hydrogen (secondary N) is 3. The van der Waals surface area contributed by atoms with Crippen molar-refractivity contribution in [2.45, 2.75) is 10.9 Å². The SMILES string of the molecule is Nc1n[nH]c2ccc(C(=O)NC(C(=O)Nc3ccc(-c4ccccc4S(N)(=O)=O)cc3)c3ccccc3)cc12. The second kappa shape index (κ2) is 10.4. The number of fused-ring (bicyclic) bond motifs is 1. The molecule has 1 aromatic heterocycles. The van der Waals surface area contributed by atoms with Crippen LogP contribution >= 0.6 is 0 Å². The maximum atomic E-state index is 13.4. The first-order valence-corrected chi connectivity index (χ1v) is 13.4. The maximum Gasteiger partial charge on any atom is 0.252 e. The molecule has 0 aliphatic rings. The van der Waals surface area contributed by atoms with E-state index in [2.05, 4.69) is 20.8 Å². The van der Waals surface area contributed by atoms with Crippen LogP contribution in [0, 0.1) is 0 Å². The van der Waals surface area contributed by atoms with Crippen LogP contribution in [0.3, 0.4) is 0 Å². The van der Waals surface area contributed by atoms with E-state index >= 15 is 0 Å². The van der Waals surface area contributed by atoms with E-state index in [0.717, 1.165) is 0 Å². The molecule has 10 nitrogen and oxygen atoms in total. The van der Waals surface area contributed by atoms with E-state index < -0.39 is 27.9 Å². The summed E-state index contributed by atoms with van der Waals surface area (Å²) < 4.78 is 24.0. The molecule has 2 amide bonds. The van der Waals surface area contributed by atoms with Crippen LogP contribution in [0.25, 0.3) is 22.0 Å². The predicted molar refractivity (Wildman–Crippen MR) is 149 cm³/mol. The summed E-state index contributed by atoms with van der Waals surface area (Å²) >= 11 is 0. The summed E-state index contributed by atoms with van der Waals surface area (Å²) in [5.41, 5.74) is 8.99. The first-order chi connectivity index (χ1) is 18.7. The number of sulfonamides is 1. The molecule has 0 aliphatic carbocycles. The fraction of sp³-hybridized carbons (Fsp3) is 0.0357. The van der Waals surface area contributed by atoms with Crippen LogP contribution in [0.4, 0.5) is 11.5 Å². The molecule has 0 bridgehead atoms. The fourth-order valence-corrected chi connectivity index (χ4v) is 5.00. The normalized spacial score (nSPS) is 12.1. The van der Waals surface area contributed by atoms with Crippen LogP contribution in [-0.2, 0) is 14.8 Å². The van der Waals surface area contributed by atoms with Gasteiger partial charge in [0.15, 0.2) is 5.82 Å². The Morgan fingerprint density at radius 1 is 0.872 bits per heavy atom. The van der Waals surface area contributed by atoms with Gasteiger partial charge in [0.05, 0.1) is 10.4 Å². The Bertz CT molecular complexity index is 1780. The lowest BCUT2D eigenvalue weighted by molar-refractivity contribution is -0.118. The van der Waals surface area contributed by atoms with Crippen molar-refractivity contribution < 1.29 is 18.0 Å². The minimum atomic E-state index is -3.92. The highest BCUT2D eigenvalue weighted by Gasteiger charge is 2.24. The van der Waals surface area contributed by atoms with Crippen LogP contribution in [-0.4, -0.2) is 30.4 Å². The van der Waals surface area contributed by atoms with E-state index in [1.54, 1.807) is 84.9 Å². The number of aromatic amines is 1. The molecular formula is C28H24N6O4S. The van der Waals surface area contributed by atoms with Crippen molar-refractivity contribution in [2.75, 3.05) is 11.1 Å². The molecule has 0 fully saturated rings. The van der Waals surface area contributed by atoms with Crippen molar-refractivity contribution in [2.24, 2.45) is 5.14 Å². The zero-order chi connectivity index (χ0) is 27.6. The summed E-state index contributed by atoms with van der Waals surface area (Å²) in [4.78, 5) is 26.5. The summed E-state index contributed by atoms with van der Waals surface area (Å²) in [6.45, 7) is 0. The topological polar surface area (TPSA) is 173 Å². The van der Waals surface area contributed by atoms with Gasteiger partial charge in [-0.05, 0) is 47.5 Å². The third kappa shape index (κ3) is 5.49. The van der Waals surface area contributed by atoms with Crippen LogP contribution in [0.5, 0.6) is 0 Å². The first kappa shape index (κ1) is 25.6. The van der Waals surface area contributed by atoms with E-state index in [1.165, 1.54) is 6.07 Å². The molecule has 11 heteroatoms. The maximum absolute atomic E-state index is 13.4. The van der Waals surface area contributed by atoms with Gasteiger partial charge in [0.1, 0.15) is 6.04 Å². The number of primary sulfonamides is 1. The number of hydrogen-bond donors (Lipinski definition) is 5. The van der Waals surface area contributed by atoms with Crippen molar-refractivity contribution in [3.05, 3.63) is 108 Å². The molecule has 0 spiro atoms. The van der Waals surface area contributed by atoms with E-state index in [0.29, 0.717) is 38.8 Å². The molecule has 196 valence electrons. The smallest absolute Gasteiger partial charge is 0.252 e. The molecule has 39 heavy (non-hydrogen) atoms. The van der Waals surface area contributed by atoms with Gasteiger partial charge in [0.2, 0.25) is 10.0 Å². The lowest BCUT2D eigenvalue weighted by Gasteiger charge is -2.19. The summed E-state index contributed by atoms with van der Waals surface area (Å²) in [6.07, 6.45) is 0. The predicted octanol–water partition coefficient (Wildman–Crippen LogP) is 3.57. The molecule has 5 rings (SSSR count). The number of amides is 2. The van der Waals surface area contributed by atoms with Gasteiger partial charge in [0.25, 0.3) is 11.8 Å². The molecule has 1 unspecified atom stereocenters. The Hall–Kier alpha value is -5.00. The number of nitrogens with zero attached hydrogens (tertiary/aromatic N) is 1. The number of hydrogen-bond acceptors (Lipinski definition) is 6. The van der Waals surface area contributed by atoms with Gasteiger partial charge in [-0.15, -0.1) is 0 Å². The number of carbonyl (C=O) groups is 2. The first-order valence-electron chi connectivity index (χ1n) is 11.8. The number of anilines is 2. The number of carbonyl (C=O) groups excluding carboxylic acids is 2. The summed E-state index contributed by atoms with van der Waals surface area (Å²) in [5, 5.41) is 18.3. The summed E-state index contributed by atoms with van der Waals surface area (Å²) in [5.74, 6) is -0.653. The van der Waals surface area contributed by atoms with Gasteiger partial charge in [-0.3, -0.25) is 14.7 Å². The van der Waals surface area contributed by atoms with Crippen molar-refractivity contribution in [3.63, 3.8) is 0 Å². The molecule has 4 aromatic carbocycles. The molecule has 5 aromatic rings. The second-order valence-corrected chi connectivity index (χ2v) is 10.3. The van der Waals surface area contributed by atoms with E-state index in [9.17, 15) is 18.0 Å². The van der Waals surface area contributed by atoms with Crippen molar-refractivity contribution in [1.82, 2.24) is 15.5 Å². The zero-order valence-electron chi connectivity index (χ0n) is 20.5. The average molecular weight is 541 g/mol. The van der Waals surface area contributed by atoms with Crippen molar-refractivity contribution in [3.8, 4) is 11.1 Å². The molecule has 7 N–H and O–H groups in total. The zero-order valence-corrected chi connectivity index (χ0v) is 21.3. The van der Waals surface area contributed by atoms with Crippen molar-refractivity contribution >= 4 is 44.2 Å². The average Bonchev–Trinajstić information content (AvgIpc) is 3.31. The number of H-pyrrole nitrogens is 1. The molecule has 1 atom stereocenters. The molecule has 0 aliphatic heterocycles. The Labute approximate surface area is 224 Å². The molecule has 0 radical (unpaired) electrons. The van der Waals surface area contributed by atoms with Crippen LogP contribution in [0.1, 0.15) is 22.0 Å². The highest BCUT2D eigenvalue weighted by molar-refractivity contribution is 7.89. The number of rotatable bonds is 7. The lowest BCUT2D eigenvalue weighted by Crippen LogP contribution is -2.37. The number of nitrogen functional groups attached to an aromatic ring is 1. The molecule has 1 heterocycles. The third-order valence-electron chi connectivity index (χ3n) is 6.18. The van der Waals surface area contributed by atoms with E-state index in [-0.39, 0.29) is 10.7 Å². The number of aromatic nitrogens is 2. The monoisotopic (exact) mass is 540 g/mol. The van der Waals surface area contributed by atoms with E-state index in [1.807, 2.05) is 6.07 Å². The number of benzene rings is 4. The molecule has 0 saturated carbocycles. The van der Waals surface area contributed by atoms with Crippen LogP contribution in [0.2, 0.25) is 0 Å². The third-order valence-corrected chi connectivity index (χ3v) is 7.15. The summed E-state index contributed by atoms with van der Waals surface area (Å²) in [7, 11) is -3.92. The fourth-order valence-electron chi connectivity index (χ4n) is 4.24. The van der Waals surface area contributed by atoms with Crippen LogP contribution in [0.15, 0.2) is 102 Å². The van der Waals surface area contributed by atoms with Gasteiger partial charge in [0, 0.05) is 22.2 Å². The minimum Gasteiger partial charge on any atom is -0.382 e. The highest BCUT2D eigenvalue weighted by atomic mass is 32.2.